The number of carbonyl (C=O) groups excluding carboxylic acids is 1. The molecule has 1 aliphatic rings. The van der Waals surface area contributed by atoms with Gasteiger partial charge >= 0.3 is 0 Å². The van der Waals surface area contributed by atoms with Crippen LogP contribution in [0.5, 0.6) is 0 Å². The summed E-state index contributed by atoms with van der Waals surface area (Å²) in [4.78, 5) is 16.7. The van der Waals surface area contributed by atoms with E-state index < -0.39 is 0 Å². The Bertz CT molecular complexity index is 681. The van der Waals surface area contributed by atoms with Crippen LogP contribution in [0.2, 0.25) is 0 Å². The first-order chi connectivity index (χ1) is 12.8. The maximum Gasteiger partial charge on any atom is 0.271 e. The number of para-hydroxylation sites is 1. The van der Waals surface area contributed by atoms with Crippen molar-refractivity contribution in [1.82, 2.24) is 15.5 Å². The molecular weight excluding hydrogens is 326 g/mol. The number of carbonyl (C=O) groups is 1. The van der Waals surface area contributed by atoms with Gasteiger partial charge in [-0.1, -0.05) is 38.0 Å². The summed E-state index contributed by atoms with van der Waals surface area (Å²) in [5.74, 6) is 0.689. The van der Waals surface area contributed by atoms with Crippen LogP contribution in [0.25, 0.3) is 0 Å². The smallest absolute Gasteiger partial charge is 0.271 e. The molecule has 0 spiro atoms. The van der Waals surface area contributed by atoms with Gasteiger partial charge in [0.2, 0.25) is 0 Å². The third-order valence-electron chi connectivity index (χ3n) is 4.67. The number of anilines is 2. The quantitative estimate of drug-likeness (QED) is 0.776. The van der Waals surface area contributed by atoms with Gasteiger partial charge < -0.3 is 15.1 Å². The van der Waals surface area contributed by atoms with Gasteiger partial charge in [0, 0.05) is 38.4 Å². The Labute approximate surface area is 155 Å². The number of piperazine rings is 1. The molecule has 26 heavy (non-hydrogen) atoms. The summed E-state index contributed by atoms with van der Waals surface area (Å²) in [6.07, 6.45) is 3.27. The van der Waals surface area contributed by atoms with Crippen molar-refractivity contribution in [2.24, 2.45) is 0 Å². The first-order valence-corrected chi connectivity index (χ1v) is 9.45. The first-order valence-electron chi connectivity index (χ1n) is 9.45. The molecule has 0 atom stereocenters. The fourth-order valence-electron chi connectivity index (χ4n) is 3.12. The zero-order valence-electron chi connectivity index (χ0n) is 15.4. The van der Waals surface area contributed by atoms with Gasteiger partial charge in [0.05, 0.1) is 0 Å². The van der Waals surface area contributed by atoms with Crippen LogP contribution in [0.4, 0.5) is 11.5 Å². The summed E-state index contributed by atoms with van der Waals surface area (Å²) >= 11 is 0. The molecule has 6 nitrogen and oxygen atoms in total. The average molecular weight is 353 g/mol. The summed E-state index contributed by atoms with van der Waals surface area (Å²) in [6, 6.07) is 14.1. The van der Waals surface area contributed by atoms with Gasteiger partial charge in [0.15, 0.2) is 11.5 Å². The highest BCUT2D eigenvalue weighted by Crippen LogP contribution is 2.18. The van der Waals surface area contributed by atoms with Crippen LogP contribution in [-0.4, -0.2) is 48.8 Å². The molecule has 6 heteroatoms. The van der Waals surface area contributed by atoms with E-state index in [-0.39, 0.29) is 5.91 Å². The van der Waals surface area contributed by atoms with Crippen LogP contribution >= 0.6 is 0 Å². The second-order valence-electron chi connectivity index (χ2n) is 6.55. The van der Waals surface area contributed by atoms with E-state index in [2.05, 4.69) is 56.5 Å². The summed E-state index contributed by atoms with van der Waals surface area (Å²) < 4.78 is 0. The van der Waals surface area contributed by atoms with Crippen molar-refractivity contribution in [3.63, 3.8) is 0 Å². The van der Waals surface area contributed by atoms with Crippen molar-refractivity contribution in [3.8, 4) is 0 Å². The number of benzene rings is 1. The van der Waals surface area contributed by atoms with Gasteiger partial charge in [-0.15, -0.1) is 10.2 Å². The van der Waals surface area contributed by atoms with Gasteiger partial charge in [0.1, 0.15) is 0 Å². The molecule has 0 bridgehead atoms. The predicted molar refractivity (Wildman–Crippen MR) is 105 cm³/mol. The second kappa shape index (κ2) is 9.17. The van der Waals surface area contributed by atoms with E-state index >= 15 is 0 Å². The monoisotopic (exact) mass is 353 g/mol. The molecule has 1 saturated heterocycles. The molecular formula is C20H27N5O. The molecule has 1 fully saturated rings. The lowest BCUT2D eigenvalue weighted by Crippen LogP contribution is -2.46. The van der Waals surface area contributed by atoms with Crippen molar-refractivity contribution in [2.45, 2.75) is 26.2 Å². The highest BCUT2D eigenvalue weighted by Gasteiger charge is 2.19. The Morgan fingerprint density at radius 1 is 0.962 bits per heavy atom. The van der Waals surface area contributed by atoms with Crippen LogP contribution in [0.1, 0.15) is 36.7 Å². The highest BCUT2D eigenvalue weighted by molar-refractivity contribution is 5.92. The zero-order valence-corrected chi connectivity index (χ0v) is 15.4. The molecule has 1 N–H and O–H groups in total. The molecule has 1 aromatic carbocycles. The van der Waals surface area contributed by atoms with Gasteiger partial charge in [-0.2, -0.15) is 0 Å². The number of amides is 1. The number of aromatic nitrogens is 2. The van der Waals surface area contributed by atoms with E-state index in [9.17, 15) is 4.79 Å². The van der Waals surface area contributed by atoms with Crippen molar-refractivity contribution in [2.75, 3.05) is 42.5 Å². The van der Waals surface area contributed by atoms with Crippen LogP contribution in [0.3, 0.4) is 0 Å². The van der Waals surface area contributed by atoms with Crippen LogP contribution in [-0.2, 0) is 0 Å². The fourth-order valence-corrected chi connectivity index (χ4v) is 3.12. The van der Waals surface area contributed by atoms with E-state index in [0.717, 1.165) is 51.3 Å². The Morgan fingerprint density at radius 3 is 2.35 bits per heavy atom. The topological polar surface area (TPSA) is 61.4 Å². The van der Waals surface area contributed by atoms with E-state index in [0.29, 0.717) is 12.2 Å². The minimum Gasteiger partial charge on any atom is -0.368 e. The Kier molecular flexibility index (Phi) is 6.41. The molecule has 0 saturated carbocycles. The molecule has 0 radical (unpaired) electrons. The summed E-state index contributed by atoms with van der Waals surface area (Å²) in [7, 11) is 0. The van der Waals surface area contributed by atoms with E-state index in [1.54, 1.807) is 6.07 Å². The van der Waals surface area contributed by atoms with E-state index in [1.807, 2.05) is 12.1 Å². The number of rotatable bonds is 7. The lowest BCUT2D eigenvalue weighted by molar-refractivity contribution is 0.0947. The molecule has 138 valence electrons. The van der Waals surface area contributed by atoms with Crippen molar-refractivity contribution in [3.05, 3.63) is 48.2 Å². The largest absolute Gasteiger partial charge is 0.368 e. The van der Waals surface area contributed by atoms with Gasteiger partial charge in [-0.25, -0.2) is 0 Å². The van der Waals surface area contributed by atoms with E-state index in [1.165, 1.54) is 5.69 Å². The third-order valence-corrected chi connectivity index (χ3v) is 4.67. The fraction of sp³-hybridized carbons (Fsp3) is 0.450. The highest BCUT2D eigenvalue weighted by atomic mass is 16.1. The SMILES string of the molecule is CCCCCNC(=O)c1ccc(N2CCN(c3ccccc3)CC2)nn1. The normalized spacial score (nSPS) is 14.3. The maximum absolute atomic E-state index is 12.1. The van der Waals surface area contributed by atoms with Gasteiger partial charge in [0.25, 0.3) is 5.91 Å². The molecule has 1 amide bonds. The van der Waals surface area contributed by atoms with Crippen molar-refractivity contribution >= 4 is 17.4 Å². The lowest BCUT2D eigenvalue weighted by Gasteiger charge is -2.36. The van der Waals surface area contributed by atoms with E-state index in [4.69, 9.17) is 0 Å². The standard InChI is InChI=1S/C20H27N5O/c1-2-3-7-12-21-20(26)18-10-11-19(23-22-18)25-15-13-24(14-16-25)17-8-5-4-6-9-17/h4-6,8-11H,2-3,7,12-16H2,1H3,(H,21,26). The molecule has 2 aromatic rings. The zero-order chi connectivity index (χ0) is 18.2. The minimum atomic E-state index is -0.144. The van der Waals surface area contributed by atoms with Crippen LogP contribution < -0.4 is 15.1 Å². The molecule has 1 aliphatic heterocycles. The van der Waals surface area contributed by atoms with Crippen LogP contribution in [0.15, 0.2) is 42.5 Å². The van der Waals surface area contributed by atoms with Gasteiger partial charge in [-0.05, 0) is 30.7 Å². The maximum atomic E-state index is 12.1. The van der Waals surface area contributed by atoms with Crippen LogP contribution in [0, 0.1) is 0 Å². The molecule has 3 rings (SSSR count). The number of hydrogen-bond acceptors (Lipinski definition) is 5. The van der Waals surface area contributed by atoms with Gasteiger partial charge in [-0.3, -0.25) is 4.79 Å². The molecule has 0 aliphatic carbocycles. The number of unbranched alkanes of at least 4 members (excludes halogenated alkanes) is 2. The Hall–Kier alpha value is -2.63. The average Bonchev–Trinajstić information content (AvgIpc) is 2.72. The number of nitrogens with one attached hydrogen (secondary N) is 1. The summed E-state index contributed by atoms with van der Waals surface area (Å²) in [6.45, 7) is 6.53. The Balaban J connectivity index is 1.51. The minimum absolute atomic E-state index is 0.144. The van der Waals surface area contributed by atoms with Crippen molar-refractivity contribution in [1.29, 1.82) is 0 Å². The molecule has 2 heterocycles. The van der Waals surface area contributed by atoms with Crippen molar-refractivity contribution < 1.29 is 4.79 Å². The third kappa shape index (κ3) is 4.71. The Morgan fingerprint density at radius 2 is 1.69 bits per heavy atom. The number of nitrogens with zero attached hydrogens (tertiary/aromatic N) is 4. The first kappa shape index (κ1) is 18.2. The summed E-state index contributed by atoms with van der Waals surface area (Å²) in [5, 5.41) is 11.3. The molecule has 0 unspecified atom stereocenters. The predicted octanol–water partition coefficient (Wildman–Crippen LogP) is 2.72. The lowest BCUT2D eigenvalue weighted by atomic mass is 10.2. The number of hydrogen-bond donors (Lipinski definition) is 1. The summed E-state index contributed by atoms with van der Waals surface area (Å²) in [5.41, 5.74) is 1.64. The second-order valence-corrected chi connectivity index (χ2v) is 6.55. The molecule has 1 aromatic heterocycles.